The van der Waals surface area contributed by atoms with Crippen LogP contribution < -0.4 is 23.7 Å². The van der Waals surface area contributed by atoms with Crippen molar-refractivity contribution >= 4 is 11.4 Å². The first kappa shape index (κ1) is 18.4. The van der Waals surface area contributed by atoms with E-state index in [2.05, 4.69) is 0 Å². The molecule has 0 radical (unpaired) electrons. The van der Waals surface area contributed by atoms with E-state index in [1.165, 1.54) is 40.6 Å². The van der Waals surface area contributed by atoms with Crippen molar-refractivity contribution in [1.29, 1.82) is 0 Å². The van der Waals surface area contributed by atoms with Crippen molar-refractivity contribution in [2.75, 3.05) is 35.0 Å². The molecule has 27 heavy (non-hydrogen) atoms. The van der Waals surface area contributed by atoms with E-state index in [1.807, 2.05) is 0 Å². The molecule has 7 heteroatoms. The third kappa shape index (κ3) is 3.23. The Morgan fingerprint density at radius 2 is 1.63 bits per heavy atom. The molecule has 0 aromatic heterocycles. The molecule has 1 aliphatic rings. The zero-order valence-corrected chi connectivity index (χ0v) is 15.5. The first-order valence-corrected chi connectivity index (χ1v) is 8.12. The van der Waals surface area contributed by atoms with Crippen molar-refractivity contribution in [3.63, 3.8) is 0 Å². The van der Waals surface area contributed by atoms with Crippen LogP contribution in [-0.4, -0.2) is 45.9 Å². The molecule has 1 N–H and O–H groups in total. The van der Waals surface area contributed by atoms with Gasteiger partial charge < -0.3 is 28.8 Å². The summed E-state index contributed by atoms with van der Waals surface area (Å²) >= 11 is 0. The van der Waals surface area contributed by atoms with E-state index < -0.39 is 0 Å². The van der Waals surface area contributed by atoms with Crippen LogP contribution in [0.4, 0.5) is 0 Å². The Bertz CT molecular complexity index is 915. The SMILES string of the molecule is COc1ccc(C2=CC(=O)COc3c2cc(OC)c(OC)c3OC)cc1O. The standard InChI is InChI=1S/C20H20O7/c1-23-16-6-5-11(7-15(16)22)13-8-12(21)10-27-18-14(13)9-17(24-2)19(25-3)20(18)26-4/h5-9,22H,10H2,1-4H3. The summed E-state index contributed by atoms with van der Waals surface area (Å²) in [5.74, 6) is 1.55. The van der Waals surface area contributed by atoms with Crippen LogP contribution in [0, 0.1) is 0 Å². The zero-order chi connectivity index (χ0) is 19.6. The lowest BCUT2D eigenvalue weighted by Crippen LogP contribution is -2.08. The number of rotatable bonds is 5. The van der Waals surface area contributed by atoms with Crippen molar-refractivity contribution in [1.82, 2.24) is 0 Å². The largest absolute Gasteiger partial charge is 0.504 e. The third-order valence-corrected chi connectivity index (χ3v) is 4.23. The van der Waals surface area contributed by atoms with E-state index in [1.54, 1.807) is 18.2 Å². The smallest absolute Gasteiger partial charge is 0.207 e. The fourth-order valence-corrected chi connectivity index (χ4v) is 2.99. The van der Waals surface area contributed by atoms with Crippen LogP contribution in [0.1, 0.15) is 11.1 Å². The van der Waals surface area contributed by atoms with Crippen molar-refractivity contribution in [3.8, 4) is 34.5 Å². The van der Waals surface area contributed by atoms with Crippen LogP contribution in [0.15, 0.2) is 30.3 Å². The maximum absolute atomic E-state index is 12.3. The molecular weight excluding hydrogens is 352 g/mol. The normalized spacial score (nSPS) is 13.0. The molecule has 1 aliphatic heterocycles. The molecule has 1 heterocycles. The number of phenols is 1. The van der Waals surface area contributed by atoms with Crippen molar-refractivity contribution in [3.05, 3.63) is 41.5 Å². The fourth-order valence-electron chi connectivity index (χ4n) is 2.99. The predicted octanol–water partition coefficient (Wildman–Crippen LogP) is 2.82. The summed E-state index contributed by atoms with van der Waals surface area (Å²) < 4.78 is 27.1. The highest BCUT2D eigenvalue weighted by Crippen LogP contribution is 2.50. The quantitative estimate of drug-likeness (QED) is 0.864. The van der Waals surface area contributed by atoms with Gasteiger partial charge in [0.05, 0.1) is 28.4 Å². The number of carbonyl (C=O) groups excluding carboxylic acids is 1. The molecule has 0 atom stereocenters. The van der Waals surface area contributed by atoms with Gasteiger partial charge in [0.1, 0.15) is 0 Å². The van der Waals surface area contributed by atoms with Gasteiger partial charge in [-0.05, 0) is 35.4 Å². The molecule has 142 valence electrons. The minimum Gasteiger partial charge on any atom is -0.504 e. The molecule has 0 bridgehead atoms. The Hall–Kier alpha value is -3.35. The van der Waals surface area contributed by atoms with E-state index in [-0.39, 0.29) is 18.1 Å². The van der Waals surface area contributed by atoms with Crippen LogP contribution in [0.25, 0.3) is 5.57 Å². The van der Waals surface area contributed by atoms with Crippen molar-refractivity contribution in [2.45, 2.75) is 0 Å². The summed E-state index contributed by atoms with van der Waals surface area (Å²) in [4.78, 5) is 12.3. The summed E-state index contributed by atoms with van der Waals surface area (Å²) in [6, 6.07) is 6.61. The highest BCUT2D eigenvalue weighted by Gasteiger charge is 2.27. The van der Waals surface area contributed by atoms with Crippen molar-refractivity contribution < 1.29 is 33.6 Å². The zero-order valence-electron chi connectivity index (χ0n) is 15.5. The van der Waals surface area contributed by atoms with Gasteiger partial charge in [0.2, 0.25) is 11.5 Å². The second-order valence-corrected chi connectivity index (χ2v) is 5.72. The summed E-state index contributed by atoms with van der Waals surface area (Å²) in [6.45, 7) is -0.148. The lowest BCUT2D eigenvalue weighted by Gasteiger charge is -2.19. The molecule has 2 aromatic carbocycles. The number of aromatic hydroxyl groups is 1. The number of benzene rings is 2. The molecule has 0 aliphatic carbocycles. The molecule has 0 saturated heterocycles. The minimum atomic E-state index is -0.225. The molecule has 0 amide bonds. The summed E-state index contributed by atoms with van der Waals surface area (Å²) in [7, 11) is 5.95. The predicted molar refractivity (Wildman–Crippen MR) is 98.3 cm³/mol. The topological polar surface area (TPSA) is 83.5 Å². The van der Waals surface area contributed by atoms with Gasteiger partial charge in [0.15, 0.2) is 35.4 Å². The lowest BCUT2D eigenvalue weighted by atomic mass is 9.95. The van der Waals surface area contributed by atoms with Crippen LogP contribution in [0.2, 0.25) is 0 Å². The first-order valence-electron chi connectivity index (χ1n) is 8.12. The minimum absolute atomic E-state index is 0.0393. The summed E-state index contributed by atoms with van der Waals surface area (Å²) in [5, 5.41) is 10.2. The Morgan fingerprint density at radius 3 is 2.22 bits per heavy atom. The second kappa shape index (κ2) is 7.49. The Labute approximate surface area is 156 Å². The fraction of sp³-hybridized carbons (Fsp3) is 0.250. The van der Waals surface area contributed by atoms with E-state index in [0.29, 0.717) is 45.4 Å². The summed E-state index contributed by atoms with van der Waals surface area (Å²) in [5.41, 5.74) is 1.76. The van der Waals surface area contributed by atoms with Crippen LogP contribution in [0.3, 0.4) is 0 Å². The van der Waals surface area contributed by atoms with Gasteiger partial charge >= 0.3 is 0 Å². The average molecular weight is 372 g/mol. The van der Waals surface area contributed by atoms with E-state index >= 15 is 0 Å². The number of ketones is 1. The Kier molecular flexibility index (Phi) is 5.12. The number of phenolic OH excluding ortho intramolecular Hbond substituents is 1. The number of hydrogen-bond donors (Lipinski definition) is 1. The Balaban J connectivity index is 2.28. The number of methoxy groups -OCH3 is 4. The van der Waals surface area contributed by atoms with Gasteiger partial charge in [-0.25, -0.2) is 0 Å². The number of hydrogen-bond acceptors (Lipinski definition) is 7. The number of carbonyl (C=O) groups is 1. The molecule has 0 spiro atoms. The van der Waals surface area contributed by atoms with E-state index in [9.17, 15) is 9.90 Å². The molecule has 0 saturated carbocycles. The molecule has 0 fully saturated rings. The van der Waals surface area contributed by atoms with Gasteiger partial charge in [-0.2, -0.15) is 0 Å². The van der Waals surface area contributed by atoms with Crippen LogP contribution in [0.5, 0.6) is 34.5 Å². The van der Waals surface area contributed by atoms with Crippen LogP contribution >= 0.6 is 0 Å². The molecule has 2 aromatic rings. The van der Waals surface area contributed by atoms with Gasteiger partial charge in [0, 0.05) is 5.56 Å². The maximum atomic E-state index is 12.3. The highest BCUT2D eigenvalue weighted by atomic mass is 16.5. The lowest BCUT2D eigenvalue weighted by molar-refractivity contribution is -0.116. The first-order chi connectivity index (χ1) is 13.0. The number of fused-ring (bicyclic) bond motifs is 1. The highest BCUT2D eigenvalue weighted by molar-refractivity contribution is 6.04. The van der Waals surface area contributed by atoms with E-state index in [0.717, 1.165) is 0 Å². The van der Waals surface area contributed by atoms with Gasteiger partial charge in [0.25, 0.3) is 0 Å². The Morgan fingerprint density at radius 1 is 0.926 bits per heavy atom. The molecule has 7 nitrogen and oxygen atoms in total. The average Bonchev–Trinajstić information content (AvgIpc) is 2.85. The van der Waals surface area contributed by atoms with Gasteiger partial charge in [-0.1, -0.05) is 6.07 Å². The summed E-state index contributed by atoms with van der Waals surface area (Å²) in [6.07, 6.45) is 1.47. The monoisotopic (exact) mass is 372 g/mol. The molecule has 0 unspecified atom stereocenters. The molecular formula is C20H20O7. The van der Waals surface area contributed by atoms with E-state index in [4.69, 9.17) is 23.7 Å². The van der Waals surface area contributed by atoms with Gasteiger partial charge in [-0.3, -0.25) is 4.79 Å². The third-order valence-electron chi connectivity index (χ3n) is 4.23. The molecule has 3 rings (SSSR count). The number of ether oxygens (including phenoxy) is 5. The van der Waals surface area contributed by atoms with Crippen LogP contribution in [-0.2, 0) is 4.79 Å². The second-order valence-electron chi connectivity index (χ2n) is 5.72. The maximum Gasteiger partial charge on any atom is 0.207 e. The van der Waals surface area contributed by atoms with Crippen molar-refractivity contribution in [2.24, 2.45) is 0 Å². The van der Waals surface area contributed by atoms with Gasteiger partial charge in [-0.15, -0.1) is 0 Å².